The lowest BCUT2D eigenvalue weighted by molar-refractivity contribution is 0.340. The zero-order valence-corrected chi connectivity index (χ0v) is 10.1. The van der Waals surface area contributed by atoms with Gasteiger partial charge in [0.2, 0.25) is 0 Å². The lowest BCUT2D eigenvalue weighted by Crippen LogP contribution is -2.11. The number of aromatic amines is 1. The highest BCUT2D eigenvalue weighted by Gasteiger charge is 2.30. The van der Waals surface area contributed by atoms with Gasteiger partial charge >= 0.3 is 0 Å². The van der Waals surface area contributed by atoms with E-state index in [1.807, 2.05) is 19.2 Å². The third-order valence-corrected chi connectivity index (χ3v) is 3.49. The maximum Gasteiger partial charge on any atom is 0.120 e. The fourth-order valence-electron chi connectivity index (χ4n) is 2.36. The highest BCUT2D eigenvalue weighted by molar-refractivity contribution is 5.85. The summed E-state index contributed by atoms with van der Waals surface area (Å²) < 4.78 is 5.54. The zero-order valence-electron chi connectivity index (χ0n) is 10.1. The molecular weight excluding hydrogens is 212 g/mol. The molecule has 3 heteroatoms. The van der Waals surface area contributed by atoms with Crippen LogP contribution in [-0.2, 0) is 0 Å². The molecule has 0 amide bonds. The molecule has 1 atom stereocenters. The Morgan fingerprint density at radius 3 is 3.00 bits per heavy atom. The molecular formula is C14H18N2O. The minimum absolute atomic E-state index is 0.167. The predicted molar refractivity (Wildman–Crippen MR) is 69.1 cm³/mol. The summed E-state index contributed by atoms with van der Waals surface area (Å²) in [6.45, 7) is 2.69. The lowest BCUT2D eigenvalue weighted by atomic mass is 10.0. The number of benzene rings is 1. The first kappa shape index (κ1) is 10.7. The Balaban J connectivity index is 2.02. The smallest absolute Gasteiger partial charge is 0.120 e. The third-order valence-electron chi connectivity index (χ3n) is 3.49. The van der Waals surface area contributed by atoms with Crippen LogP contribution in [0.2, 0.25) is 0 Å². The first-order chi connectivity index (χ1) is 8.29. The van der Waals surface area contributed by atoms with Crippen LogP contribution in [-0.4, -0.2) is 11.6 Å². The first-order valence-electron chi connectivity index (χ1n) is 6.29. The van der Waals surface area contributed by atoms with Crippen LogP contribution in [0, 0.1) is 5.92 Å². The second kappa shape index (κ2) is 4.08. The van der Waals surface area contributed by atoms with Crippen LogP contribution in [0.15, 0.2) is 24.4 Å². The summed E-state index contributed by atoms with van der Waals surface area (Å²) in [7, 11) is 0. The van der Waals surface area contributed by atoms with Gasteiger partial charge in [-0.2, -0.15) is 0 Å². The topological polar surface area (TPSA) is 51.0 Å². The molecule has 2 aromatic rings. The lowest BCUT2D eigenvalue weighted by Gasteiger charge is -2.09. The predicted octanol–water partition coefficient (Wildman–Crippen LogP) is 2.98. The summed E-state index contributed by atoms with van der Waals surface area (Å²) in [6.07, 6.45) is 4.57. The van der Waals surface area contributed by atoms with Crippen LogP contribution >= 0.6 is 0 Å². The molecule has 1 aliphatic carbocycles. The van der Waals surface area contributed by atoms with Gasteiger partial charge in [-0.05, 0) is 49.4 Å². The molecule has 3 rings (SSSR count). The quantitative estimate of drug-likeness (QED) is 0.848. The number of nitrogens with two attached hydrogens (primary N) is 1. The molecule has 0 saturated heterocycles. The molecule has 1 aromatic carbocycles. The number of nitrogens with one attached hydrogen (secondary N) is 1. The van der Waals surface area contributed by atoms with E-state index in [0.29, 0.717) is 12.5 Å². The SMILES string of the molecule is CCOc1ccc2[nH]cc(C(N)C3CC3)c2c1. The summed E-state index contributed by atoms with van der Waals surface area (Å²) in [5.74, 6) is 1.59. The van der Waals surface area contributed by atoms with Gasteiger partial charge < -0.3 is 15.5 Å². The number of H-pyrrole nitrogens is 1. The van der Waals surface area contributed by atoms with Gasteiger partial charge in [-0.15, -0.1) is 0 Å². The van der Waals surface area contributed by atoms with Crippen LogP contribution in [0.5, 0.6) is 5.75 Å². The number of fused-ring (bicyclic) bond motifs is 1. The van der Waals surface area contributed by atoms with E-state index in [4.69, 9.17) is 10.5 Å². The van der Waals surface area contributed by atoms with Crippen LogP contribution in [0.1, 0.15) is 31.4 Å². The number of ether oxygens (including phenoxy) is 1. The third kappa shape index (κ3) is 1.91. The summed E-state index contributed by atoms with van der Waals surface area (Å²) in [5.41, 5.74) is 8.64. The number of aromatic nitrogens is 1. The summed E-state index contributed by atoms with van der Waals surface area (Å²) >= 11 is 0. The van der Waals surface area contributed by atoms with Crippen molar-refractivity contribution in [2.45, 2.75) is 25.8 Å². The molecule has 1 aliphatic rings. The zero-order chi connectivity index (χ0) is 11.8. The fourth-order valence-corrected chi connectivity index (χ4v) is 2.36. The number of rotatable bonds is 4. The Bertz CT molecular complexity index is 528. The van der Waals surface area contributed by atoms with Gasteiger partial charge in [0, 0.05) is 23.1 Å². The van der Waals surface area contributed by atoms with Crippen molar-refractivity contribution in [2.75, 3.05) is 6.61 Å². The minimum Gasteiger partial charge on any atom is -0.494 e. The van der Waals surface area contributed by atoms with Gasteiger partial charge in [0.1, 0.15) is 5.75 Å². The Morgan fingerprint density at radius 2 is 2.29 bits per heavy atom. The van der Waals surface area contributed by atoms with Crippen molar-refractivity contribution in [3.8, 4) is 5.75 Å². The molecule has 1 aromatic heterocycles. The second-order valence-electron chi connectivity index (χ2n) is 4.75. The maximum atomic E-state index is 6.27. The highest BCUT2D eigenvalue weighted by Crippen LogP contribution is 2.41. The Hall–Kier alpha value is -1.48. The minimum atomic E-state index is 0.167. The van der Waals surface area contributed by atoms with Gasteiger partial charge in [0.25, 0.3) is 0 Å². The van der Waals surface area contributed by atoms with Crippen molar-refractivity contribution >= 4 is 10.9 Å². The van der Waals surface area contributed by atoms with Crippen molar-refractivity contribution < 1.29 is 4.74 Å². The molecule has 1 fully saturated rings. The van der Waals surface area contributed by atoms with Crippen molar-refractivity contribution in [1.82, 2.24) is 4.98 Å². The molecule has 0 radical (unpaired) electrons. The molecule has 0 spiro atoms. The Labute approximate surface area is 101 Å². The molecule has 90 valence electrons. The van der Waals surface area contributed by atoms with Gasteiger partial charge in [-0.3, -0.25) is 0 Å². The van der Waals surface area contributed by atoms with E-state index in [1.165, 1.54) is 23.8 Å². The van der Waals surface area contributed by atoms with E-state index < -0.39 is 0 Å². The van der Waals surface area contributed by atoms with Gasteiger partial charge in [-0.1, -0.05) is 0 Å². The summed E-state index contributed by atoms with van der Waals surface area (Å²) in [4.78, 5) is 3.29. The molecule has 1 heterocycles. The fraction of sp³-hybridized carbons (Fsp3) is 0.429. The Morgan fingerprint density at radius 1 is 1.47 bits per heavy atom. The molecule has 1 saturated carbocycles. The first-order valence-corrected chi connectivity index (χ1v) is 6.29. The summed E-state index contributed by atoms with van der Waals surface area (Å²) in [6, 6.07) is 6.31. The van der Waals surface area contributed by atoms with Crippen LogP contribution < -0.4 is 10.5 Å². The van der Waals surface area contributed by atoms with E-state index >= 15 is 0 Å². The largest absolute Gasteiger partial charge is 0.494 e. The van der Waals surface area contributed by atoms with Gasteiger partial charge in [-0.25, -0.2) is 0 Å². The molecule has 0 bridgehead atoms. The van der Waals surface area contributed by atoms with Crippen LogP contribution in [0.3, 0.4) is 0 Å². The van der Waals surface area contributed by atoms with E-state index in [1.54, 1.807) is 0 Å². The molecule has 3 nitrogen and oxygen atoms in total. The van der Waals surface area contributed by atoms with Crippen molar-refractivity contribution in [3.05, 3.63) is 30.0 Å². The standard InChI is InChI=1S/C14H18N2O/c1-2-17-10-5-6-13-11(7-10)12(8-16-13)14(15)9-3-4-9/h5-9,14,16H,2-4,15H2,1H3. The van der Waals surface area contributed by atoms with Crippen molar-refractivity contribution in [2.24, 2.45) is 11.7 Å². The van der Waals surface area contributed by atoms with Crippen molar-refractivity contribution in [1.29, 1.82) is 0 Å². The number of hydrogen-bond acceptors (Lipinski definition) is 2. The van der Waals surface area contributed by atoms with Crippen LogP contribution in [0.25, 0.3) is 10.9 Å². The monoisotopic (exact) mass is 230 g/mol. The highest BCUT2D eigenvalue weighted by atomic mass is 16.5. The normalized spacial score (nSPS) is 17.3. The van der Waals surface area contributed by atoms with Crippen LogP contribution in [0.4, 0.5) is 0 Å². The average molecular weight is 230 g/mol. The van der Waals surface area contributed by atoms with Crippen molar-refractivity contribution in [3.63, 3.8) is 0 Å². The van der Waals surface area contributed by atoms with Gasteiger partial charge in [0.05, 0.1) is 6.61 Å². The van der Waals surface area contributed by atoms with E-state index in [-0.39, 0.29) is 6.04 Å². The average Bonchev–Trinajstić information content (AvgIpc) is 3.09. The van der Waals surface area contributed by atoms with Gasteiger partial charge in [0.15, 0.2) is 0 Å². The summed E-state index contributed by atoms with van der Waals surface area (Å²) in [5, 5.41) is 1.20. The number of hydrogen-bond donors (Lipinski definition) is 2. The van der Waals surface area contributed by atoms with E-state index in [2.05, 4.69) is 17.1 Å². The Kier molecular flexibility index (Phi) is 2.56. The van der Waals surface area contributed by atoms with E-state index in [9.17, 15) is 0 Å². The molecule has 0 aliphatic heterocycles. The maximum absolute atomic E-state index is 6.27. The van der Waals surface area contributed by atoms with E-state index in [0.717, 1.165) is 11.3 Å². The molecule has 17 heavy (non-hydrogen) atoms. The second-order valence-corrected chi connectivity index (χ2v) is 4.75. The molecule has 3 N–H and O–H groups in total. The molecule has 1 unspecified atom stereocenters.